The van der Waals surface area contributed by atoms with Gasteiger partial charge in [0.05, 0.1) is 37.4 Å². The fourth-order valence-corrected chi connectivity index (χ4v) is 6.43. The highest BCUT2D eigenvalue weighted by atomic mass is 32.2. The van der Waals surface area contributed by atoms with Crippen LogP contribution in [0.3, 0.4) is 0 Å². The third-order valence-corrected chi connectivity index (χ3v) is 8.54. The number of anilines is 2. The predicted molar refractivity (Wildman–Crippen MR) is 136 cm³/mol. The number of hydrogen-bond acceptors (Lipinski definition) is 8. The lowest BCUT2D eigenvalue weighted by Gasteiger charge is -2.09. The molecule has 0 saturated carbocycles. The molecule has 11 heteroatoms. The summed E-state index contributed by atoms with van der Waals surface area (Å²) >= 11 is 3.00. The molecule has 0 aliphatic heterocycles. The van der Waals surface area contributed by atoms with Crippen LogP contribution in [0.1, 0.15) is 15.4 Å². The molecule has 3 aromatic carbocycles. The van der Waals surface area contributed by atoms with Crippen molar-refractivity contribution in [1.29, 1.82) is 0 Å². The summed E-state index contributed by atoms with van der Waals surface area (Å²) in [4.78, 5) is 21.9. The van der Waals surface area contributed by atoms with E-state index >= 15 is 0 Å². The standard InChI is InChI=1S/C23H18N4O4S3/c1-13-24-18-11-12-19-21(20(18)32-13)33-23(25-19)26-22(28)14-3-5-15(6-4-14)27-34(29,30)17-9-7-16(31-2)8-10-17/h3-12,27H,1-2H3,(H,25,26,28). The quantitative estimate of drug-likeness (QED) is 0.322. The van der Waals surface area contributed by atoms with Gasteiger partial charge in [-0.25, -0.2) is 18.4 Å². The Hall–Kier alpha value is -3.54. The summed E-state index contributed by atoms with van der Waals surface area (Å²) in [7, 11) is -2.26. The molecule has 0 bridgehead atoms. The minimum atomic E-state index is -3.77. The van der Waals surface area contributed by atoms with Gasteiger partial charge >= 0.3 is 0 Å². The zero-order valence-corrected chi connectivity index (χ0v) is 20.5. The van der Waals surface area contributed by atoms with E-state index in [9.17, 15) is 13.2 Å². The Morgan fingerprint density at radius 1 is 0.882 bits per heavy atom. The second kappa shape index (κ2) is 8.67. The van der Waals surface area contributed by atoms with Crippen LogP contribution in [0.2, 0.25) is 0 Å². The summed E-state index contributed by atoms with van der Waals surface area (Å²) in [6, 6.07) is 16.1. The third-order valence-electron chi connectivity index (χ3n) is 5.01. The maximum absolute atomic E-state index is 12.7. The number of thiazole rings is 2. The second-order valence-corrected chi connectivity index (χ2v) is 11.2. The van der Waals surface area contributed by atoms with Gasteiger partial charge < -0.3 is 4.74 Å². The van der Waals surface area contributed by atoms with Crippen molar-refractivity contribution in [2.45, 2.75) is 11.8 Å². The lowest BCUT2D eigenvalue weighted by Crippen LogP contribution is -2.14. The maximum Gasteiger partial charge on any atom is 0.261 e. The molecule has 0 aliphatic carbocycles. The molecule has 2 N–H and O–H groups in total. The summed E-state index contributed by atoms with van der Waals surface area (Å²) in [5.74, 6) is 0.231. The van der Waals surface area contributed by atoms with Crippen molar-refractivity contribution >= 4 is 69.9 Å². The van der Waals surface area contributed by atoms with Crippen LogP contribution >= 0.6 is 22.7 Å². The number of fused-ring (bicyclic) bond motifs is 3. The Labute approximate surface area is 203 Å². The first kappa shape index (κ1) is 22.3. The number of carbonyl (C=O) groups is 1. The van der Waals surface area contributed by atoms with Crippen molar-refractivity contribution in [3.05, 3.63) is 71.2 Å². The average molecular weight is 511 g/mol. The van der Waals surface area contributed by atoms with E-state index in [1.165, 1.54) is 42.7 Å². The topological polar surface area (TPSA) is 110 Å². The van der Waals surface area contributed by atoms with Crippen LogP contribution in [0.5, 0.6) is 5.75 Å². The van der Waals surface area contributed by atoms with Crippen molar-refractivity contribution in [1.82, 2.24) is 9.97 Å². The number of methoxy groups -OCH3 is 1. The lowest BCUT2D eigenvalue weighted by atomic mass is 10.2. The molecule has 0 spiro atoms. The minimum absolute atomic E-state index is 0.108. The number of ether oxygens (including phenoxy) is 1. The fourth-order valence-electron chi connectivity index (χ4n) is 3.37. The molecule has 0 unspecified atom stereocenters. The normalized spacial score (nSPS) is 11.6. The lowest BCUT2D eigenvalue weighted by molar-refractivity contribution is 0.102. The van der Waals surface area contributed by atoms with Gasteiger partial charge in [0.25, 0.3) is 15.9 Å². The molecule has 1 amide bonds. The summed E-state index contributed by atoms with van der Waals surface area (Å²) in [6.45, 7) is 1.96. The van der Waals surface area contributed by atoms with Crippen LogP contribution in [0.15, 0.2) is 65.6 Å². The number of rotatable bonds is 6. The van der Waals surface area contributed by atoms with E-state index < -0.39 is 10.0 Å². The van der Waals surface area contributed by atoms with Crippen LogP contribution in [-0.2, 0) is 10.0 Å². The van der Waals surface area contributed by atoms with Crippen molar-refractivity contribution in [2.75, 3.05) is 17.1 Å². The number of nitrogens with zero attached hydrogens (tertiary/aromatic N) is 2. The molecule has 2 aromatic heterocycles. The van der Waals surface area contributed by atoms with Gasteiger partial charge in [-0.1, -0.05) is 11.3 Å². The van der Waals surface area contributed by atoms with Crippen LogP contribution in [0.25, 0.3) is 20.4 Å². The second-order valence-electron chi connectivity index (χ2n) is 7.33. The van der Waals surface area contributed by atoms with Gasteiger partial charge in [-0.2, -0.15) is 0 Å². The van der Waals surface area contributed by atoms with Gasteiger partial charge in [-0.15, -0.1) is 11.3 Å². The molecule has 2 heterocycles. The number of amides is 1. The molecule has 0 fully saturated rings. The number of sulfonamides is 1. The number of carbonyl (C=O) groups excluding carboxylic acids is 1. The molecule has 5 rings (SSSR count). The smallest absolute Gasteiger partial charge is 0.261 e. The third kappa shape index (κ3) is 4.32. The van der Waals surface area contributed by atoms with E-state index in [-0.39, 0.29) is 10.8 Å². The first-order valence-electron chi connectivity index (χ1n) is 10.1. The molecule has 172 valence electrons. The van der Waals surface area contributed by atoms with Crippen LogP contribution < -0.4 is 14.8 Å². The van der Waals surface area contributed by atoms with Crippen molar-refractivity contribution in [2.24, 2.45) is 0 Å². The molecular weight excluding hydrogens is 492 g/mol. The van der Waals surface area contributed by atoms with Gasteiger partial charge in [0, 0.05) is 11.3 Å². The fraction of sp³-hybridized carbons (Fsp3) is 0.0870. The van der Waals surface area contributed by atoms with Gasteiger partial charge in [0.2, 0.25) is 0 Å². The Morgan fingerprint density at radius 2 is 1.53 bits per heavy atom. The SMILES string of the molecule is COc1ccc(S(=O)(=O)Nc2ccc(C(=O)Nc3nc4ccc5nc(C)sc5c4s3)cc2)cc1. The number of nitrogens with one attached hydrogen (secondary N) is 2. The summed E-state index contributed by atoms with van der Waals surface area (Å²) < 4.78 is 34.8. The molecule has 5 aromatic rings. The molecule has 0 radical (unpaired) electrons. The van der Waals surface area contributed by atoms with Crippen LogP contribution in [0, 0.1) is 6.92 Å². The van der Waals surface area contributed by atoms with E-state index in [2.05, 4.69) is 20.0 Å². The van der Waals surface area contributed by atoms with Crippen LogP contribution in [0.4, 0.5) is 10.8 Å². The first-order chi connectivity index (χ1) is 16.3. The highest BCUT2D eigenvalue weighted by molar-refractivity contribution is 7.92. The van der Waals surface area contributed by atoms with E-state index in [1.54, 1.807) is 35.6 Å². The Balaban J connectivity index is 1.31. The number of hydrogen-bond donors (Lipinski definition) is 2. The monoisotopic (exact) mass is 510 g/mol. The van der Waals surface area contributed by atoms with E-state index in [0.717, 1.165) is 25.4 Å². The van der Waals surface area contributed by atoms with Crippen molar-refractivity contribution < 1.29 is 17.9 Å². The Kier molecular flexibility index (Phi) is 5.68. The Bertz CT molecular complexity index is 1620. The predicted octanol–water partition coefficient (Wildman–Crippen LogP) is 5.28. The number of aromatic nitrogens is 2. The molecule has 8 nitrogen and oxygen atoms in total. The van der Waals surface area contributed by atoms with Gasteiger partial charge in [0.15, 0.2) is 5.13 Å². The first-order valence-corrected chi connectivity index (χ1v) is 13.2. The van der Waals surface area contributed by atoms with Gasteiger partial charge in [-0.05, 0) is 67.6 Å². The minimum Gasteiger partial charge on any atom is -0.497 e. The number of benzene rings is 3. The summed E-state index contributed by atoms with van der Waals surface area (Å²) in [5, 5.41) is 4.29. The van der Waals surface area contributed by atoms with Crippen LogP contribution in [-0.4, -0.2) is 31.4 Å². The van der Waals surface area contributed by atoms with Crippen molar-refractivity contribution in [3.63, 3.8) is 0 Å². The highest BCUT2D eigenvalue weighted by Crippen LogP contribution is 2.36. The molecule has 0 aliphatic rings. The number of aryl methyl sites for hydroxylation is 1. The van der Waals surface area contributed by atoms with Crippen molar-refractivity contribution in [3.8, 4) is 5.75 Å². The summed E-state index contributed by atoms with van der Waals surface area (Å²) in [5.41, 5.74) is 2.45. The highest BCUT2D eigenvalue weighted by Gasteiger charge is 2.16. The zero-order chi connectivity index (χ0) is 23.9. The molecule has 0 atom stereocenters. The molecule has 34 heavy (non-hydrogen) atoms. The van der Waals surface area contributed by atoms with Gasteiger partial charge in [0.1, 0.15) is 5.75 Å². The zero-order valence-electron chi connectivity index (χ0n) is 18.0. The van der Waals surface area contributed by atoms with E-state index in [1.807, 2.05) is 19.1 Å². The largest absolute Gasteiger partial charge is 0.497 e. The van der Waals surface area contributed by atoms with Gasteiger partial charge in [-0.3, -0.25) is 14.8 Å². The maximum atomic E-state index is 12.7. The summed E-state index contributed by atoms with van der Waals surface area (Å²) in [6.07, 6.45) is 0. The average Bonchev–Trinajstić information content (AvgIpc) is 3.41. The molecular formula is C23H18N4O4S3. The Morgan fingerprint density at radius 3 is 2.21 bits per heavy atom. The van der Waals surface area contributed by atoms with E-state index in [4.69, 9.17) is 4.74 Å². The molecule has 0 saturated heterocycles. The van der Waals surface area contributed by atoms with E-state index in [0.29, 0.717) is 22.1 Å².